The van der Waals surface area contributed by atoms with Crippen LogP contribution in [0.15, 0.2) is 60.7 Å². The van der Waals surface area contributed by atoms with Crippen LogP contribution in [-0.2, 0) is 0 Å². The van der Waals surface area contributed by atoms with E-state index in [1.807, 2.05) is 55.5 Å². The first-order chi connectivity index (χ1) is 8.77. The molecule has 0 saturated carbocycles. The Morgan fingerprint density at radius 3 is 1.83 bits per heavy atom. The van der Waals surface area contributed by atoms with Crippen LogP contribution in [0.2, 0.25) is 0 Å². The minimum Gasteiger partial charge on any atom is -0.298 e. The van der Waals surface area contributed by atoms with Crippen molar-refractivity contribution in [3.63, 3.8) is 0 Å². The lowest BCUT2D eigenvalue weighted by Gasteiger charge is -1.93. The third-order valence-electron chi connectivity index (χ3n) is 2.35. The fourth-order valence-corrected chi connectivity index (χ4v) is 1.36. The van der Waals surface area contributed by atoms with Gasteiger partial charge in [-0.25, -0.2) is 0 Å². The summed E-state index contributed by atoms with van der Waals surface area (Å²) in [6, 6.07) is 18.4. The first-order valence-electron chi connectivity index (χ1n) is 5.86. The van der Waals surface area contributed by atoms with Gasteiger partial charge in [0.1, 0.15) is 6.29 Å². The van der Waals surface area contributed by atoms with Gasteiger partial charge in [0.25, 0.3) is 0 Å². The van der Waals surface area contributed by atoms with Crippen molar-refractivity contribution in [3.05, 3.63) is 71.8 Å². The molecule has 0 bridgehead atoms. The molecule has 2 aromatic carbocycles. The highest BCUT2D eigenvalue weighted by molar-refractivity contribution is 5.95. The van der Waals surface area contributed by atoms with Crippen molar-refractivity contribution in [1.82, 2.24) is 0 Å². The van der Waals surface area contributed by atoms with Crippen LogP contribution in [-0.4, -0.2) is 12.1 Å². The smallest absolute Gasteiger partial charge is 0.162 e. The second-order valence-electron chi connectivity index (χ2n) is 3.67. The number of aldehydes is 1. The van der Waals surface area contributed by atoms with Gasteiger partial charge in [0.2, 0.25) is 0 Å². The fourth-order valence-electron chi connectivity index (χ4n) is 1.36. The second-order valence-corrected chi connectivity index (χ2v) is 3.67. The van der Waals surface area contributed by atoms with E-state index in [-0.39, 0.29) is 5.78 Å². The van der Waals surface area contributed by atoms with Crippen LogP contribution in [0.4, 0.5) is 0 Å². The topological polar surface area (TPSA) is 34.1 Å². The molecule has 2 heteroatoms. The zero-order valence-electron chi connectivity index (χ0n) is 10.4. The van der Waals surface area contributed by atoms with Gasteiger partial charge in [0.05, 0.1) is 0 Å². The first kappa shape index (κ1) is 13.8. The van der Waals surface area contributed by atoms with Crippen LogP contribution in [0.1, 0.15) is 34.1 Å². The standard InChI is InChI=1S/C9H10O.C7H6O/c1-2-9(10)8-6-4-3-5-7-8;8-6-7-4-2-1-3-5-7/h3-7H,2H2,1H3;1-6H. The van der Waals surface area contributed by atoms with Crippen molar-refractivity contribution in [1.29, 1.82) is 0 Å². The van der Waals surface area contributed by atoms with Crippen molar-refractivity contribution in [2.24, 2.45) is 0 Å². The molecule has 0 fully saturated rings. The summed E-state index contributed by atoms with van der Waals surface area (Å²) >= 11 is 0. The van der Waals surface area contributed by atoms with Crippen LogP contribution in [0.5, 0.6) is 0 Å². The predicted octanol–water partition coefficient (Wildman–Crippen LogP) is 3.78. The Morgan fingerprint density at radius 2 is 1.44 bits per heavy atom. The van der Waals surface area contributed by atoms with Gasteiger partial charge in [0, 0.05) is 17.5 Å². The molecule has 0 aliphatic heterocycles. The summed E-state index contributed by atoms with van der Waals surface area (Å²) in [7, 11) is 0. The van der Waals surface area contributed by atoms with Gasteiger partial charge in [-0.1, -0.05) is 67.6 Å². The summed E-state index contributed by atoms with van der Waals surface area (Å²) < 4.78 is 0. The Bertz CT molecular complexity index is 475. The Morgan fingerprint density at radius 1 is 0.944 bits per heavy atom. The molecule has 92 valence electrons. The molecule has 2 nitrogen and oxygen atoms in total. The summed E-state index contributed by atoms with van der Waals surface area (Å²) in [4.78, 5) is 21.0. The number of benzene rings is 2. The van der Waals surface area contributed by atoms with Crippen molar-refractivity contribution in [2.45, 2.75) is 13.3 Å². The maximum atomic E-state index is 11.0. The Labute approximate surface area is 107 Å². The molecule has 0 saturated heterocycles. The van der Waals surface area contributed by atoms with Crippen molar-refractivity contribution >= 4 is 12.1 Å². The highest BCUT2D eigenvalue weighted by atomic mass is 16.1. The molecule has 0 unspecified atom stereocenters. The highest BCUT2D eigenvalue weighted by Crippen LogP contribution is 2.01. The summed E-state index contributed by atoms with van der Waals surface area (Å²) in [6.45, 7) is 1.87. The van der Waals surface area contributed by atoms with Gasteiger partial charge in [-0.2, -0.15) is 0 Å². The molecule has 2 aromatic rings. The minimum absolute atomic E-state index is 0.209. The molecule has 0 radical (unpaired) electrons. The van der Waals surface area contributed by atoms with Gasteiger partial charge >= 0.3 is 0 Å². The number of Topliss-reactive ketones (excluding diaryl/α,β-unsaturated/α-hetero) is 1. The number of ketones is 1. The fraction of sp³-hybridized carbons (Fsp3) is 0.125. The van der Waals surface area contributed by atoms with Crippen molar-refractivity contribution in [3.8, 4) is 0 Å². The third-order valence-corrected chi connectivity index (χ3v) is 2.35. The highest BCUT2D eigenvalue weighted by Gasteiger charge is 1.98. The van der Waals surface area contributed by atoms with Crippen LogP contribution in [0.25, 0.3) is 0 Å². The van der Waals surface area contributed by atoms with E-state index in [0.717, 1.165) is 17.4 Å². The Hall–Kier alpha value is -2.22. The SMILES string of the molecule is CCC(=O)c1ccccc1.O=Cc1ccccc1. The normalized spacial score (nSPS) is 8.94. The van der Waals surface area contributed by atoms with E-state index in [1.54, 1.807) is 12.1 Å². The van der Waals surface area contributed by atoms with E-state index in [0.29, 0.717) is 6.42 Å². The second kappa shape index (κ2) is 7.96. The summed E-state index contributed by atoms with van der Waals surface area (Å²) in [5.74, 6) is 0.209. The molecule has 0 aliphatic rings. The maximum absolute atomic E-state index is 11.0. The quantitative estimate of drug-likeness (QED) is 0.604. The van der Waals surface area contributed by atoms with Gasteiger partial charge in [-0.3, -0.25) is 9.59 Å². The van der Waals surface area contributed by atoms with E-state index in [9.17, 15) is 9.59 Å². The zero-order chi connectivity index (χ0) is 13.2. The Balaban J connectivity index is 0.000000184. The van der Waals surface area contributed by atoms with Crippen LogP contribution >= 0.6 is 0 Å². The molecule has 0 spiro atoms. The summed E-state index contributed by atoms with van der Waals surface area (Å²) in [5, 5.41) is 0. The van der Waals surface area contributed by atoms with Gasteiger partial charge in [-0.15, -0.1) is 0 Å². The number of hydrogen-bond acceptors (Lipinski definition) is 2. The number of hydrogen-bond donors (Lipinski definition) is 0. The first-order valence-corrected chi connectivity index (χ1v) is 5.86. The molecular weight excluding hydrogens is 224 g/mol. The van der Waals surface area contributed by atoms with Crippen LogP contribution in [0, 0.1) is 0 Å². The van der Waals surface area contributed by atoms with E-state index in [2.05, 4.69) is 0 Å². The predicted molar refractivity (Wildman–Crippen MR) is 72.9 cm³/mol. The average Bonchev–Trinajstić information content (AvgIpc) is 2.49. The third kappa shape index (κ3) is 4.74. The number of carbonyl (C=O) groups is 2. The largest absolute Gasteiger partial charge is 0.298 e. The van der Waals surface area contributed by atoms with Crippen LogP contribution < -0.4 is 0 Å². The monoisotopic (exact) mass is 240 g/mol. The van der Waals surface area contributed by atoms with Gasteiger partial charge < -0.3 is 0 Å². The van der Waals surface area contributed by atoms with Gasteiger partial charge in [-0.05, 0) is 0 Å². The number of rotatable bonds is 3. The average molecular weight is 240 g/mol. The maximum Gasteiger partial charge on any atom is 0.162 e. The molecule has 0 amide bonds. The van der Waals surface area contributed by atoms with E-state index in [4.69, 9.17) is 0 Å². The summed E-state index contributed by atoms with van der Waals surface area (Å²) in [6.07, 6.45) is 1.42. The van der Waals surface area contributed by atoms with Gasteiger partial charge in [0.15, 0.2) is 5.78 Å². The van der Waals surface area contributed by atoms with E-state index in [1.165, 1.54) is 0 Å². The molecule has 0 heterocycles. The lowest BCUT2D eigenvalue weighted by molar-refractivity contribution is 0.0987. The Kier molecular flexibility index (Phi) is 6.12. The molecule has 0 atom stereocenters. The lowest BCUT2D eigenvalue weighted by atomic mass is 10.1. The molecule has 0 aliphatic carbocycles. The lowest BCUT2D eigenvalue weighted by Crippen LogP contribution is -1.94. The molecular formula is C16H16O2. The molecule has 0 N–H and O–H groups in total. The van der Waals surface area contributed by atoms with Crippen molar-refractivity contribution in [2.75, 3.05) is 0 Å². The molecule has 2 rings (SSSR count). The number of carbonyl (C=O) groups excluding carboxylic acids is 2. The van der Waals surface area contributed by atoms with Crippen LogP contribution in [0.3, 0.4) is 0 Å². The zero-order valence-corrected chi connectivity index (χ0v) is 10.4. The van der Waals surface area contributed by atoms with E-state index < -0.39 is 0 Å². The molecule has 0 aromatic heterocycles. The summed E-state index contributed by atoms with van der Waals surface area (Å²) in [5.41, 5.74) is 1.54. The van der Waals surface area contributed by atoms with Crippen molar-refractivity contribution < 1.29 is 9.59 Å². The minimum atomic E-state index is 0.209. The molecule has 18 heavy (non-hydrogen) atoms. The van der Waals surface area contributed by atoms with E-state index >= 15 is 0 Å².